The van der Waals surface area contributed by atoms with E-state index in [-0.39, 0.29) is 17.6 Å². The fourth-order valence-corrected chi connectivity index (χ4v) is 3.60. The number of hydrogen-bond acceptors (Lipinski definition) is 5. The van der Waals surface area contributed by atoms with Crippen molar-refractivity contribution in [3.63, 3.8) is 0 Å². The van der Waals surface area contributed by atoms with Crippen LogP contribution >= 0.6 is 46.5 Å². The molecule has 0 atom stereocenters. The van der Waals surface area contributed by atoms with Crippen LogP contribution in [0.5, 0.6) is 0 Å². The molecule has 0 amide bonds. The van der Waals surface area contributed by atoms with Gasteiger partial charge in [0.25, 0.3) is 0 Å². The monoisotopic (exact) mass is 421 g/mol. The molecule has 2 aromatic heterocycles. The Morgan fingerprint density at radius 3 is 2.60 bits per heavy atom. The Kier molecular flexibility index (Phi) is 5.43. The summed E-state index contributed by atoms with van der Waals surface area (Å²) in [5, 5.41) is 3.23. The summed E-state index contributed by atoms with van der Waals surface area (Å²) < 4.78 is 38.9. The van der Waals surface area contributed by atoms with Gasteiger partial charge in [-0.15, -0.1) is 11.3 Å². The molecule has 1 aromatic carbocycles. The Morgan fingerprint density at radius 2 is 1.92 bits per heavy atom. The van der Waals surface area contributed by atoms with Gasteiger partial charge in [0.05, 0.1) is 22.7 Å². The summed E-state index contributed by atoms with van der Waals surface area (Å²) in [4.78, 5) is 8.43. The summed E-state index contributed by atoms with van der Waals surface area (Å²) in [7, 11) is 0. The predicted octanol–water partition coefficient (Wildman–Crippen LogP) is 6.76. The number of nitrogens with one attached hydrogen (secondary N) is 1. The first-order valence-corrected chi connectivity index (χ1v) is 9.15. The number of alkyl halides is 3. The van der Waals surface area contributed by atoms with Gasteiger partial charge in [-0.05, 0) is 30.3 Å². The second-order valence-corrected chi connectivity index (χ2v) is 7.27. The molecule has 0 fully saturated rings. The van der Waals surface area contributed by atoms with Crippen molar-refractivity contribution in [2.24, 2.45) is 0 Å². The number of pyridine rings is 1. The van der Waals surface area contributed by atoms with E-state index in [1.54, 1.807) is 24.4 Å². The quantitative estimate of drug-likeness (QED) is 0.373. The minimum absolute atomic E-state index is 0.257. The molecular weight excluding hydrogens is 414 g/mol. The van der Waals surface area contributed by atoms with Crippen LogP contribution < -0.4 is 4.72 Å². The Balaban J connectivity index is 1.83. The van der Waals surface area contributed by atoms with Crippen molar-refractivity contribution in [1.82, 2.24) is 9.97 Å². The summed E-state index contributed by atoms with van der Waals surface area (Å²) in [5.41, 5.74) is -2.03. The fraction of sp³-hybridized carbons (Fsp3) is 0.0667. The normalized spacial score (nSPS) is 11.6. The molecule has 0 aliphatic carbocycles. The van der Waals surface area contributed by atoms with E-state index >= 15 is 0 Å². The summed E-state index contributed by atoms with van der Waals surface area (Å²) in [6, 6.07) is 8.06. The molecule has 130 valence electrons. The second-order valence-electron chi connectivity index (χ2n) is 4.75. The van der Waals surface area contributed by atoms with Crippen LogP contribution in [0.15, 0.2) is 41.9 Å². The number of thiazole rings is 1. The maximum Gasteiger partial charge on any atom is 0.461 e. The molecule has 0 saturated heterocycles. The molecule has 0 saturated carbocycles. The minimum Gasteiger partial charge on any atom is -0.323 e. The highest BCUT2D eigenvalue weighted by atomic mass is 35.5. The van der Waals surface area contributed by atoms with Crippen LogP contribution in [-0.4, -0.2) is 15.5 Å². The van der Waals surface area contributed by atoms with Crippen molar-refractivity contribution >= 4 is 52.2 Å². The van der Waals surface area contributed by atoms with Gasteiger partial charge < -0.3 is 4.72 Å². The van der Waals surface area contributed by atoms with Crippen molar-refractivity contribution in [3.8, 4) is 21.8 Å². The van der Waals surface area contributed by atoms with Crippen LogP contribution in [0.4, 0.5) is 18.9 Å². The molecule has 0 radical (unpaired) electrons. The van der Waals surface area contributed by atoms with Crippen molar-refractivity contribution in [2.75, 3.05) is 4.72 Å². The van der Waals surface area contributed by atoms with Crippen molar-refractivity contribution in [3.05, 3.63) is 52.1 Å². The van der Waals surface area contributed by atoms with Crippen LogP contribution in [-0.2, 0) is 0 Å². The molecule has 0 bridgehead atoms. The van der Waals surface area contributed by atoms with Crippen molar-refractivity contribution < 1.29 is 13.2 Å². The van der Waals surface area contributed by atoms with Gasteiger partial charge >= 0.3 is 5.51 Å². The molecule has 3 aromatic rings. The smallest absolute Gasteiger partial charge is 0.323 e. The van der Waals surface area contributed by atoms with E-state index in [1.165, 1.54) is 23.5 Å². The molecule has 0 unspecified atom stereocenters. The second kappa shape index (κ2) is 7.41. The SMILES string of the molecule is FC(F)(F)SNc1ccc(-c2csc(-c3ccnc(Cl)c3)n2)c(Cl)c1. The summed E-state index contributed by atoms with van der Waals surface area (Å²) in [6.45, 7) is 0. The molecule has 25 heavy (non-hydrogen) atoms. The zero-order chi connectivity index (χ0) is 18.0. The molecule has 3 rings (SSSR count). The van der Waals surface area contributed by atoms with E-state index in [9.17, 15) is 13.2 Å². The maximum atomic E-state index is 12.2. The number of aromatic nitrogens is 2. The Bertz CT molecular complexity index is 900. The standard InChI is InChI=1S/C15H8Cl2F3N3S2/c16-11-6-9(23-25-15(18,19)20)1-2-10(11)12-7-24-14(22-12)8-3-4-21-13(17)5-8/h1-7,23H. The average Bonchev–Trinajstić information content (AvgIpc) is 3.02. The van der Waals surface area contributed by atoms with Crippen molar-refractivity contribution in [2.45, 2.75) is 5.51 Å². The zero-order valence-corrected chi connectivity index (χ0v) is 15.3. The molecule has 0 aliphatic heterocycles. The van der Waals surface area contributed by atoms with E-state index in [1.807, 2.05) is 5.38 Å². The Morgan fingerprint density at radius 1 is 1.12 bits per heavy atom. The van der Waals surface area contributed by atoms with E-state index in [4.69, 9.17) is 23.2 Å². The predicted molar refractivity (Wildman–Crippen MR) is 98.1 cm³/mol. The van der Waals surface area contributed by atoms with E-state index in [0.717, 1.165) is 10.6 Å². The third-order valence-corrected chi connectivity index (χ3v) is 4.99. The number of hydrogen-bond donors (Lipinski definition) is 1. The lowest BCUT2D eigenvalue weighted by molar-refractivity contribution is -0.0323. The number of anilines is 1. The molecule has 2 heterocycles. The largest absolute Gasteiger partial charge is 0.461 e. The maximum absolute atomic E-state index is 12.2. The minimum atomic E-state index is -4.37. The highest BCUT2D eigenvalue weighted by Gasteiger charge is 2.29. The Hall–Kier alpha value is -1.48. The van der Waals surface area contributed by atoms with Gasteiger partial charge in [-0.1, -0.05) is 23.2 Å². The van der Waals surface area contributed by atoms with Gasteiger partial charge in [0.15, 0.2) is 0 Å². The summed E-state index contributed by atoms with van der Waals surface area (Å²) in [6.07, 6.45) is 1.59. The third kappa shape index (κ3) is 4.78. The topological polar surface area (TPSA) is 37.8 Å². The third-order valence-electron chi connectivity index (χ3n) is 3.01. The zero-order valence-electron chi connectivity index (χ0n) is 12.1. The lowest BCUT2D eigenvalue weighted by Gasteiger charge is -2.09. The number of rotatable bonds is 4. The molecule has 1 N–H and O–H groups in total. The van der Waals surface area contributed by atoms with Crippen LogP contribution in [0, 0.1) is 0 Å². The van der Waals surface area contributed by atoms with Crippen LogP contribution in [0.25, 0.3) is 21.8 Å². The molecule has 3 nitrogen and oxygen atoms in total. The molecule has 10 heteroatoms. The molecule has 0 aliphatic rings. The van der Waals surface area contributed by atoms with Crippen molar-refractivity contribution in [1.29, 1.82) is 0 Å². The first kappa shape index (κ1) is 18.3. The Labute approximate surface area is 159 Å². The van der Waals surface area contributed by atoms with Gasteiger partial charge in [-0.2, -0.15) is 13.2 Å². The van der Waals surface area contributed by atoms with Crippen LogP contribution in [0.2, 0.25) is 10.2 Å². The first-order chi connectivity index (χ1) is 11.8. The lowest BCUT2D eigenvalue weighted by Crippen LogP contribution is -2.04. The fourth-order valence-electron chi connectivity index (χ4n) is 1.97. The van der Waals surface area contributed by atoms with Gasteiger partial charge in [-0.25, -0.2) is 9.97 Å². The molecular formula is C15H8Cl2F3N3S2. The van der Waals surface area contributed by atoms with E-state index in [0.29, 0.717) is 21.4 Å². The number of nitrogens with zero attached hydrogens (tertiary/aromatic N) is 2. The lowest BCUT2D eigenvalue weighted by atomic mass is 10.1. The van der Waals surface area contributed by atoms with Crippen LogP contribution in [0.1, 0.15) is 0 Å². The highest BCUT2D eigenvalue weighted by Crippen LogP contribution is 2.36. The summed E-state index contributed by atoms with van der Waals surface area (Å²) >= 11 is 13.1. The average molecular weight is 422 g/mol. The van der Waals surface area contributed by atoms with E-state index < -0.39 is 5.51 Å². The highest BCUT2D eigenvalue weighted by molar-refractivity contribution is 8.01. The van der Waals surface area contributed by atoms with E-state index in [2.05, 4.69) is 14.7 Å². The molecule has 0 spiro atoms. The van der Waals surface area contributed by atoms with Crippen LogP contribution in [0.3, 0.4) is 0 Å². The van der Waals surface area contributed by atoms with Gasteiger partial charge in [0, 0.05) is 28.4 Å². The van der Waals surface area contributed by atoms with Gasteiger partial charge in [0.1, 0.15) is 10.2 Å². The van der Waals surface area contributed by atoms with Gasteiger partial charge in [0.2, 0.25) is 0 Å². The summed E-state index contributed by atoms with van der Waals surface area (Å²) in [5.74, 6) is 0. The first-order valence-electron chi connectivity index (χ1n) is 6.70. The number of halogens is 5. The number of benzene rings is 1. The van der Waals surface area contributed by atoms with Gasteiger partial charge in [-0.3, -0.25) is 0 Å².